The van der Waals surface area contributed by atoms with Crippen LogP contribution >= 0.6 is 11.3 Å². The van der Waals surface area contributed by atoms with Crippen LogP contribution in [-0.2, 0) is 0 Å². The molecule has 1 saturated heterocycles. The summed E-state index contributed by atoms with van der Waals surface area (Å²) in [5.74, 6) is 0.743. The molecular weight excluding hydrogens is 252 g/mol. The molecule has 0 amide bonds. The third kappa shape index (κ3) is 3.39. The molecule has 1 aromatic rings. The largest absolute Gasteiger partial charge is 0.319 e. The van der Waals surface area contributed by atoms with Crippen LogP contribution in [0.1, 0.15) is 49.6 Å². The zero-order valence-electron chi connectivity index (χ0n) is 12.8. The fourth-order valence-electron chi connectivity index (χ4n) is 3.38. The molecule has 1 N–H and O–H groups in total. The van der Waals surface area contributed by atoms with E-state index in [2.05, 4.69) is 49.5 Å². The van der Waals surface area contributed by atoms with Crippen LogP contribution in [-0.4, -0.2) is 31.1 Å². The molecule has 3 heteroatoms. The van der Waals surface area contributed by atoms with Crippen LogP contribution in [0.25, 0.3) is 0 Å². The van der Waals surface area contributed by atoms with E-state index >= 15 is 0 Å². The molecule has 1 fully saturated rings. The second-order valence-electron chi connectivity index (χ2n) is 6.06. The zero-order valence-corrected chi connectivity index (χ0v) is 13.6. The van der Waals surface area contributed by atoms with Crippen molar-refractivity contribution in [3.8, 4) is 0 Å². The van der Waals surface area contributed by atoms with Gasteiger partial charge in [0.15, 0.2) is 0 Å². The third-order valence-electron chi connectivity index (χ3n) is 4.34. The topological polar surface area (TPSA) is 15.3 Å². The Bertz CT molecular complexity index is 386. The second-order valence-corrected chi connectivity index (χ2v) is 7.01. The van der Waals surface area contributed by atoms with Crippen molar-refractivity contribution >= 4 is 11.3 Å². The molecule has 1 aromatic heterocycles. The summed E-state index contributed by atoms with van der Waals surface area (Å²) < 4.78 is 0. The van der Waals surface area contributed by atoms with E-state index in [4.69, 9.17) is 0 Å². The Morgan fingerprint density at radius 2 is 2.21 bits per heavy atom. The van der Waals surface area contributed by atoms with Gasteiger partial charge in [0, 0.05) is 17.0 Å². The first kappa shape index (κ1) is 15.0. The van der Waals surface area contributed by atoms with Crippen LogP contribution in [0.4, 0.5) is 0 Å². The van der Waals surface area contributed by atoms with Gasteiger partial charge in [0.05, 0.1) is 0 Å². The monoisotopic (exact) mass is 280 g/mol. The Morgan fingerprint density at radius 3 is 2.79 bits per heavy atom. The molecule has 0 spiro atoms. The van der Waals surface area contributed by atoms with E-state index < -0.39 is 0 Å². The lowest BCUT2D eigenvalue weighted by Crippen LogP contribution is -2.40. The van der Waals surface area contributed by atoms with E-state index in [0.717, 1.165) is 12.5 Å². The number of aryl methyl sites for hydroxylation is 1. The van der Waals surface area contributed by atoms with Crippen molar-refractivity contribution in [1.82, 2.24) is 10.2 Å². The molecular formula is C16H28N2S. The van der Waals surface area contributed by atoms with Crippen LogP contribution in [0.2, 0.25) is 0 Å². The standard InChI is InChI=1S/C16H28N2S/c1-12(2)18-9-6-5-7-14(11-17-4)15(18)16-13(3)8-10-19-16/h8,10,12,14-15,17H,5-7,9,11H2,1-4H3. The number of hydrogen-bond acceptors (Lipinski definition) is 3. The fourth-order valence-corrected chi connectivity index (χ4v) is 4.52. The highest BCUT2D eigenvalue weighted by Crippen LogP contribution is 2.39. The Morgan fingerprint density at radius 1 is 1.42 bits per heavy atom. The molecule has 0 radical (unpaired) electrons. The van der Waals surface area contributed by atoms with E-state index in [1.807, 2.05) is 11.3 Å². The van der Waals surface area contributed by atoms with Crippen molar-refractivity contribution in [3.63, 3.8) is 0 Å². The van der Waals surface area contributed by atoms with Gasteiger partial charge in [-0.25, -0.2) is 0 Å². The molecule has 2 rings (SSSR count). The van der Waals surface area contributed by atoms with Crippen LogP contribution in [0.3, 0.4) is 0 Å². The highest BCUT2D eigenvalue weighted by molar-refractivity contribution is 7.10. The maximum atomic E-state index is 3.41. The van der Waals surface area contributed by atoms with Gasteiger partial charge in [-0.05, 0) is 76.7 Å². The molecule has 2 heterocycles. The third-order valence-corrected chi connectivity index (χ3v) is 5.43. The van der Waals surface area contributed by atoms with E-state index in [9.17, 15) is 0 Å². The van der Waals surface area contributed by atoms with Crippen LogP contribution in [0, 0.1) is 12.8 Å². The first-order valence-electron chi connectivity index (χ1n) is 7.59. The van der Waals surface area contributed by atoms with Gasteiger partial charge in [-0.1, -0.05) is 6.42 Å². The average Bonchev–Trinajstić information content (AvgIpc) is 2.67. The number of nitrogens with one attached hydrogen (secondary N) is 1. The molecule has 0 aliphatic carbocycles. The minimum absolute atomic E-state index is 0.606. The highest BCUT2D eigenvalue weighted by Gasteiger charge is 2.33. The summed E-state index contributed by atoms with van der Waals surface area (Å²) in [6.45, 7) is 9.34. The lowest BCUT2D eigenvalue weighted by Gasteiger charge is -2.37. The molecule has 1 aliphatic rings. The van der Waals surface area contributed by atoms with E-state index in [1.54, 1.807) is 4.88 Å². The Labute approximate surface area is 122 Å². The van der Waals surface area contributed by atoms with Crippen molar-refractivity contribution in [3.05, 3.63) is 21.9 Å². The van der Waals surface area contributed by atoms with E-state index in [-0.39, 0.29) is 0 Å². The number of thiophene rings is 1. The van der Waals surface area contributed by atoms with Crippen molar-refractivity contribution in [1.29, 1.82) is 0 Å². The summed E-state index contributed by atoms with van der Waals surface area (Å²) in [5, 5.41) is 5.67. The minimum Gasteiger partial charge on any atom is -0.319 e. The molecule has 19 heavy (non-hydrogen) atoms. The quantitative estimate of drug-likeness (QED) is 0.902. The van der Waals surface area contributed by atoms with Gasteiger partial charge in [-0.3, -0.25) is 4.90 Å². The number of hydrogen-bond donors (Lipinski definition) is 1. The van der Waals surface area contributed by atoms with Crippen molar-refractivity contribution in [2.24, 2.45) is 5.92 Å². The summed E-state index contributed by atoms with van der Waals surface area (Å²) in [5.41, 5.74) is 1.48. The van der Waals surface area contributed by atoms with Gasteiger partial charge in [0.2, 0.25) is 0 Å². The SMILES string of the molecule is CNCC1CCCCN(C(C)C)C1c1sccc1C. The first-order chi connectivity index (χ1) is 9.15. The van der Waals surface area contributed by atoms with Crippen molar-refractivity contribution < 1.29 is 0 Å². The van der Waals surface area contributed by atoms with Crippen molar-refractivity contribution in [2.75, 3.05) is 20.1 Å². The van der Waals surface area contributed by atoms with Crippen LogP contribution in [0.5, 0.6) is 0 Å². The summed E-state index contributed by atoms with van der Waals surface area (Å²) in [6, 6.07) is 3.51. The molecule has 2 atom stereocenters. The van der Waals surface area contributed by atoms with Gasteiger partial charge < -0.3 is 5.32 Å². The zero-order chi connectivity index (χ0) is 13.8. The Balaban J connectivity index is 2.34. The van der Waals surface area contributed by atoms with Gasteiger partial charge in [0.25, 0.3) is 0 Å². The Kier molecular flexibility index (Phi) is 5.43. The maximum Gasteiger partial charge on any atom is 0.0487 e. The van der Waals surface area contributed by atoms with Gasteiger partial charge >= 0.3 is 0 Å². The van der Waals surface area contributed by atoms with E-state index in [1.165, 1.54) is 31.4 Å². The minimum atomic E-state index is 0.606. The van der Waals surface area contributed by atoms with Crippen LogP contribution in [0.15, 0.2) is 11.4 Å². The smallest absolute Gasteiger partial charge is 0.0487 e. The van der Waals surface area contributed by atoms with Gasteiger partial charge in [-0.2, -0.15) is 0 Å². The molecule has 2 nitrogen and oxygen atoms in total. The molecule has 108 valence electrons. The summed E-state index contributed by atoms with van der Waals surface area (Å²) in [4.78, 5) is 4.32. The lowest BCUT2D eigenvalue weighted by molar-refractivity contribution is 0.121. The number of likely N-dealkylation sites (tertiary alicyclic amines) is 1. The van der Waals surface area contributed by atoms with E-state index in [0.29, 0.717) is 12.1 Å². The fraction of sp³-hybridized carbons (Fsp3) is 0.750. The molecule has 1 aliphatic heterocycles. The summed E-state index contributed by atoms with van der Waals surface area (Å²) >= 11 is 1.95. The molecule has 0 saturated carbocycles. The first-order valence-corrected chi connectivity index (χ1v) is 8.47. The lowest BCUT2D eigenvalue weighted by atomic mass is 9.91. The summed E-state index contributed by atoms with van der Waals surface area (Å²) in [6.07, 6.45) is 4.07. The predicted octanol–water partition coefficient (Wildman–Crippen LogP) is 3.83. The molecule has 0 aromatic carbocycles. The van der Waals surface area contributed by atoms with Crippen molar-refractivity contribution in [2.45, 2.75) is 52.1 Å². The van der Waals surface area contributed by atoms with Crippen LogP contribution < -0.4 is 5.32 Å². The van der Waals surface area contributed by atoms with Gasteiger partial charge in [0.1, 0.15) is 0 Å². The molecule has 0 bridgehead atoms. The number of nitrogens with zero attached hydrogens (tertiary/aromatic N) is 1. The number of rotatable bonds is 4. The van der Waals surface area contributed by atoms with Gasteiger partial charge in [-0.15, -0.1) is 11.3 Å². The maximum absolute atomic E-state index is 3.41. The highest BCUT2D eigenvalue weighted by atomic mass is 32.1. The summed E-state index contributed by atoms with van der Waals surface area (Å²) in [7, 11) is 2.09. The second kappa shape index (κ2) is 6.87. The average molecular weight is 280 g/mol. The predicted molar refractivity (Wildman–Crippen MR) is 84.9 cm³/mol. The molecule has 2 unspecified atom stereocenters. The normalized spacial score (nSPS) is 25.7. The Hall–Kier alpha value is -0.380.